The molecule has 1 heterocycles. The molecule has 0 aliphatic heterocycles. The Bertz CT molecular complexity index is 453. The normalized spacial score (nSPS) is 10.5. The first-order valence-corrected chi connectivity index (χ1v) is 5.51. The number of hydrogen-bond donors (Lipinski definition) is 1. The number of aromatic nitrogens is 1. The fourth-order valence-corrected chi connectivity index (χ4v) is 2.08. The van der Waals surface area contributed by atoms with Gasteiger partial charge in [0.05, 0.1) is 0 Å². The number of hydrogen-bond acceptors (Lipinski definition) is 3. The second kappa shape index (κ2) is 4.40. The van der Waals surface area contributed by atoms with Crippen molar-refractivity contribution >= 4 is 16.5 Å². The molecule has 0 aliphatic carbocycles. The van der Waals surface area contributed by atoms with Gasteiger partial charge in [-0.2, -0.15) is 0 Å². The Hall–Kier alpha value is -1.42. The number of nitrogens with two attached hydrogens (primary N) is 1. The third kappa shape index (κ3) is 2.53. The van der Waals surface area contributed by atoms with Crippen LogP contribution in [0.15, 0.2) is 30.5 Å². The van der Waals surface area contributed by atoms with Crippen molar-refractivity contribution in [2.45, 2.75) is 12.8 Å². The summed E-state index contributed by atoms with van der Waals surface area (Å²) >= 11 is 1.46. The third-order valence-corrected chi connectivity index (χ3v) is 3.06. The first kappa shape index (κ1) is 10.1. The molecule has 0 unspecified atom stereocenters. The van der Waals surface area contributed by atoms with Crippen LogP contribution in [0.1, 0.15) is 10.4 Å². The van der Waals surface area contributed by atoms with E-state index in [1.165, 1.54) is 17.4 Å². The Morgan fingerprint density at radius 1 is 1.27 bits per heavy atom. The van der Waals surface area contributed by atoms with Crippen molar-refractivity contribution < 1.29 is 4.39 Å². The highest BCUT2D eigenvalue weighted by molar-refractivity contribution is 7.15. The van der Waals surface area contributed by atoms with Crippen LogP contribution in [0, 0.1) is 5.82 Å². The van der Waals surface area contributed by atoms with Gasteiger partial charge in [0, 0.05) is 11.1 Å². The molecule has 78 valence electrons. The molecule has 0 saturated carbocycles. The van der Waals surface area contributed by atoms with Gasteiger partial charge in [-0.15, -0.1) is 11.3 Å². The molecular weight excluding hydrogens is 211 g/mol. The summed E-state index contributed by atoms with van der Waals surface area (Å²) in [6.45, 7) is 0. The number of anilines is 1. The van der Waals surface area contributed by atoms with E-state index in [0.29, 0.717) is 11.6 Å². The van der Waals surface area contributed by atoms with Gasteiger partial charge < -0.3 is 5.73 Å². The maximum absolute atomic E-state index is 13.3. The molecule has 15 heavy (non-hydrogen) atoms. The molecule has 0 amide bonds. The van der Waals surface area contributed by atoms with E-state index in [1.54, 1.807) is 18.3 Å². The van der Waals surface area contributed by atoms with Crippen molar-refractivity contribution in [2.24, 2.45) is 0 Å². The lowest BCUT2D eigenvalue weighted by Crippen LogP contribution is -1.92. The van der Waals surface area contributed by atoms with E-state index in [2.05, 4.69) is 4.98 Å². The molecular formula is C11H11FN2S. The zero-order valence-electron chi connectivity index (χ0n) is 8.11. The van der Waals surface area contributed by atoms with Crippen molar-refractivity contribution in [1.29, 1.82) is 0 Å². The van der Waals surface area contributed by atoms with Gasteiger partial charge in [0.15, 0.2) is 5.13 Å². The van der Waals surface area contributed by atoms with Crippen molar-refractivity contribution in [3.63, 3.8) is 0 Å². The molecule has 0 saturated heterocycles. The standard InChI is InChI=1S/C11H11FN2S/c12-10-4-2-1-3-8(10)5-6-9-7-14-11(13)15-9/h1-4,7H,5-6H2,(H2,13,14). The number of thiazole rings is 1. The topological polar surface area (TPSA) is 38.9 Å². The lowest BCUT2D eigenvalue weighted by Gasteiger charge is -2.00. The van der Waals surface area contributed by atoms with Gasteiger partial charge in [-0.3, -0.25) is 0 Å². The molecule has 2 rings (SSSR count). The van der Waals surface area contributed by atoms with Gasteiger partial charge >= 0.3 is 0 Å². The summed E-state index contributed by atoms with van der Waals surface area (Å²) in [6.07, 6.45) is 3.23. The van der Waals surface area contributed by atoms with Gasteiger partial charge in [-0.1, -0.05) is 18.2 Å². The summed E-state index contributed by atoms with van der Waals surface area (Å²) in [5.41, 5.74) is 6.25. The molecule has 0 spiro atoms. The highest BCUT2D eigenvalue weighted by atomic mass is 32.1. The van der Waals surface area contributed by atoms with Crippen LogP contribution in [0.25, 0.3) is 0 Å². The van der Waals surface area contributed by atoms with Crippen molar-refractivity contribution in [2.75, 3.05) is 5.73 Å². The number of halogens is 1. The van der Waals surface area contributed by atoms with E-state index < -0.39 is 0 Å². The molecule has 4 heteroatoms. The molecule has 1 aromatic carbocycles. The molecule has 1 aromatic heterocycles. The highest BCUT2D eigenvalue weighted by Crippen LogP contribution is 2.17. The SMILES string of the molecule is Nc1ncc(CCc2ccccc2F)s1. The number of aryl methyl sites for hydroxylation is 2. The van der Waals surface area contributed by atoms with Crippen molar-refractivity contribution in [1.82, 2.24) is 4.98 Å². The van der Waals surface area contributed by atoms with Crippen LogP contribution in [-0.2, 0) is 12.8 Å². The smallest absolute Gasteiger partial charge is 0.180 e. The maximum atomic E-state index is 13.3. The highest BCUT2D eigenvalue weighted by Gasteiger charge is 2.03. The Morgan fingerprint density at radius 2 is 2.07 bits per heavy atom. The molecule has 0 fully saturated rings. The van der Waals surface area contributed by atoms with Crippen LogP contribution in [0.4, 0.5) is 9.52 Å². The molecule has 0 aliphatic rings. The van der Waals surface area contributed by atoms with Gasteiger partial charge in [-0.05, 0) is 24.5 Å². The Balaban J connectivity index is 2.02. The largest absolute Gasteiger partial charge is 0.375 e. The lowest BCUT2D eigenvalue weighted by atomic mass is 10.1. The van der Waals surface area contributed by atoms with Crippen molar-refractivity contribution in [3.05, 3.63) is 46.7 Å². The first-order valence-electron chi connectivity index (χ1n) is 4.69. The second-order valence-corrected chi connectivity index (χ2v) is 4.40. The number of nitrogen functional groups attached to an aromatic ring is 1. The zero-order chi connectivity index (χ0) is 10.7. The first-order chi connectivity index (χ1) is 7.25. The summed E-state index contributed by atoms with van der Waals surface area (Å²) < 4.78 is 13.3. The summed E-state index contributed by atoms with van der Waals surface area (Å²) in [6, 6.07) is 6.83. The van der Waals surface area contributed by atoms with E-state index in [9.17, 15) is 4.39 Å². The Morgan fingerprint density at radius 3 is 2.73 bits per heavy atom. The zero-order valence-corrected chi connectivity index (χ0v) is 8.93. The fourth-order valence-electron chi connectivity index (χ4n) is 1.40. The minimum absolute atomic E-state index is 0.144. The van der Waals surface area contributed by atoms with E-state index in [-0.39, 0.29) is 5.82 Å². The van der Waals surface area contributed by atoms with E-state index in [4.69, 9.17) is 5.73 Å². The van der Waals surface area contributed by atoms with Crippen molar-refractivity contribution in [3.8, 4) is 0 Å². The average Bonchev–Trinajstić information content (AvgIpc) is 2.63. The monoisotopic (exact) mass is 222 g/mol. The quantitative estimate of drug-likeness (QED) is 0.867. The van der Waals surface area contributed by atoms with Crippen LogP contribution >= 0.6 is 11.3 Å². The van der Waals surface area contributed by atoms with Crippen LogP contribution in [0.5, 0.6) is 0 Å². The molecule has 0 atom stereocenters. The summed E-state index contributed by atoms with van der Waals surface area (Å²) in [4.78, 5) is 5.05. The van der Waals surface area contributed by atoms with E-state index in [1.807, 2.05) is 6.07 Å². The minimum atomic E-state index is -0.144. The molecule has 2 nitrogen and oxygen atoms in total. The van der Waals surface area contributed by atoms with Gasteiger partial charge in [0.2, 0.25) is 0 Å². The number of rotatable bonds is 3. The molecule has 0 radical (unpaired) electrons. The van der Waals surface area contributed by atoms with Crippen LogP contribution < -0.4 is 5.73 Å². The lowest BCUT2D eigenvalue weighted by molar-refractivity contribution is 0.609. The third-order valence-electron chi connectivity index (χ3n) is 2.17. The Labute approximate surface area is 91.6 Å². The number of benzene rings is 1. The second-order valence-electron chi connectivity index (χ2n) is 3.26. The maximum Gasteiger partial charge on any atom is 0.180 e. The summed E-state index contributed by atoms with van der Waals surface area (Å²) in [5, 5.41) is 0.568. The summed E-state index contributed by atoms with van der Waals surface area (Å²) in [5.74, 6) is -0.144. The van der Waals surface area contributed by atoms with Gasteiger partial charge in [-0.25, -0.2) is 9.37 Å². The predicted molar refractivity (Wildman–Crippen MR) is 60.3 cm³/mol. The summed E-state index contributed by atoms with van der Waals surface area (Å²) in [7, 11) is 0. The van der Waals surface area contributed by atoms with Crippen LogP contribution in [0.2, 0.25) is 0 Å². The predicted octanol–water partition coefficient (Wildman–Crippen LogP) is 2.65. The van der Waals surface area contributed by atoms with Gasteiger partial charge in [0.1, 0.15) is 5.82 Å². The molecule has 2 N–H and O–H groups in total. The fraction of sp³-hybridized carbons (Fsp3) is 0.182. The van der Waals surface area contributed by atoms with Gasteiger partial charge in [0.25, 0.3) is 0 Å². The average molecular weight is 222 g/mol. The number of nitrogens with zero attached hydrogens (tertiary/aromatic N) is 1. The van der Waals surface area contributed by atoms with Crippen LogP contribution in [-0.4, -0.2) is 4.98 Å². The van der Waals surface area contributed by atoms with E-state index >= 15 is 0 Å². The molecule has 0 bridgehead atoms. The Kier molecular flexibility index (Phi) is 2.97. The molecule has 2 aromatic rings. The van der Waals surface area contributed by atoms with Crippen LogP contribution in [0.3, 0.4) is 0 Å². The minimum Gasteiger partial charge on any atom is -0.375 e. The van der Waals surface area contributed by atoms with E-state index in [0.717, 1.165) is 16.9 Å².